The first kappa shape index (κ1) is 13.3. The van der Waals surface area contributed by atoms with E-state index in [0.717, 1.165) is 12.3 Å². The molecule has 0 fully saturated rings. The maximum atomic E-state index is 13.2. The number of fused-ring (bicyclic) bond motifs is 1. The highest BCUT2D eigenvalue weighted by atomic mass is 35.5. The molecule has 0 aliphatic rings. The van der Waals surface area contributed by atoms with Crippen molar-refractivity contribution in [2.75, 3.05) is 6.26 Å². The van der Waals surface area contributed by atoms with Crippen molar-refractivity contribution in [3.63, 3.8) is 0 Å². The topological polar surface area (TPSA) is 56.5 Å². The van der Waals surface area contributed by atoms with Gasteiger partial charge in [0.2, 0.25) is 0 Å². The Hall–Kier alpha value is -1.11. The number of furan rings is 1. The number of benzene rings is 1. The number of rotatable bonds is 3. The Morgan fingerprint density at radius 3 is 2.72 bits per heavy atom. The van der Waals surface area contributed by atoms with E-state index < -0.39 is 22.0 Å². The summed E-state index contributed by atoms with van der Waals surface area (Å²) < 4.78 is 45.3. The molecule has 18 heavy (non-hydrogen) atoms. The molecule has 0 N–H and O–H groups in total. The molecule has 4 nitrogen and oxygen atoms in total. The van der Waals surface area contributed by atoms with E-state index in [1.165, 1.54) is 12.3 Å². The SMILES string of the molecule is CC(OS(C)(=O)=O)c1coc2cc(F)c(Cl)cc12. The lowest BCUT2D eigenvalue weighted by molar-refractivity contribution is 0.237. The van der Waals surface area contributed by atoms with Gasteiger partial charge in [-0.15, -0.1) is 0 Å². The molecule has 1 unspecified atom stereocenters. The molecule has 0 saturated heterocycles. The van der Waals surface area contributed by atoms with Gasteiger partial charge in [0.05, 0.1) is 17.5 Å². The van der Waals surface area contributed by atoms with E-state index in [-0.39, 0.29) is 10.6 Å². The van der Waals surface area contributed by atoms with Crippen molar-refractivity contribution in [1.82, 2.24) is 0 Å². The predicted molar refractivity (Wildman–Crippen MR) is 65.5 cm³/mol. The highest BCUT2D eigenvalue weighted by Crippen LogP contribution is 2.32. The van der Waals surface area contributed by atoms with Gasteiger partial charge >= 0.3 is 0 Å². The van der Waals surface area contributed by atoms with Crippen LogP contribution in [0.5, 0.6) is 0 Å². The molecule has 0 amide bonds. The van der Waals surface area contributed by atoms with Gasteiger partial charge in [-0.1, -0.05) is 11.6 Å². The highest BCUT2D eigenvalue weighted by molar-refractivity contribution is 7.86. The van der Waals surface area contributed by atoms with Crippen molar-refractivity contribution in [2.45, 2.75) is 13.0 Å². The predicted octanol–water partition coefficient (Wildman–Crippen LogP) is 3.26. The van der Waals surface area contributed by atoms with E-state index in [4.69, 9.17) is 20.2 Å². The van der Waals surface area contributed by atoms with Gasteiger partial charge in [-0.2, -0.15) is 8.42 Å². The summed E-state index contributed by atoms with van der Waals surface area (Å²) in [6, 6.07) is 2.53. The van der Waals surface area contributed by atoms with Gasteiger partial charge in [-0.3, -0.25) is 4.18 Å². The van der Waals surface area contributed by atoms with Crippen LogP contribution in [-0.4, -0.2) is 14.7 Å². The lowest BCUT2D eigenvalue weighted by Gasteiger charge is -2.09. The van der Waals surface area contributed by atoms with Crippen LogP contribution in [0.1, 0.15) is 18.6 Å². The van der Waals surface area contributed by atoms with E-state index in [2.05, 4.69) is 0 Å². The standard InChI is InChI=1S/C11H10ClFO4S/c1-6(17-18(2,14)15)8-5-16-11-4-10(13)9(12)3-7(8)11/h3-6H,1-2H3. The molecule has 0 spiro atoms. The minimum Gasteiger partial charge on any atom is -0.464 e. The second-order valence-electron chi connectivity index (χ2n) is 3.90. The lowest BCUT2D eigenvalue weighted by Crippen LogP contribution is -2.07. The summed E-state index contributed by atoms with van der Waals surface area (Å²) in [6.07, 6.45) is 1.55. The molecule has 1 atom stereocenters. The molecule has 0 aliphatic carbocycles. The van der Waals surface area contributed by atoms with Crippen LogP contribution in [0, 0.1) is 5.82 Å². The van der Waals surface area contributed by atoms with Crippen LogP contribution in [-0.2, 0) is 14.3 Å². The molecule has 0 saturated carbocycles. The third-order valence-corrected chi connectivity index (χ3v) is 3.33. The Balaban J connectivity index is 2.49. The Morgan fingerprint density at radius 2 is 2.11 bits per heavy atom. The molecular weight excluding hydrogens is 283 g/mol. The van der Waals surface area contributed by atoms with Gasteiger partial charge in [-0.25, -0.2) is 4.39 Å². The summed E-state index contributed by atoms with van der Waals surface area (Å²) in [4.78, 5) is 0. The number of hydrogen-bond acceptors (Lipinski definition) is 4. The van der Waals surface area contributed by atoms with Gasteiger partial charge in [0, 0.05) is 17.0 Å². The summed E-state index contributed by atoms with van der Waals surface area (Å²) >= 11 is 5.68. The summed E-state index contributed by atoms with van der Waals surface area (Å²) in [6.45, 7) is 1.56. The van der Waals surface area contributed by atoms with Crippen LogP contribution in [0.4, 0.5) is 4.39 Å². The quantitative estimate of drug-likeness (QED) is 0.815. The molecule has 0 bridgehead atoms. The van der Waals surface area contributed by atoms with Crippen LogP contribution in [0.15, 0.2) is 22.8 Å². The molecule has 2 aromatic rings. The molecule has 2 rings (SSSR count). The smallest absolute Gasteiger partial charge is 0.264 e. The van der Waals surface area contributed by atoms with Gasteiger partial charge in [0.25, 0.3) is 10.1 Å². The number of hydrogen-bond donors (Lipinski definition) is 0. The summed E-state index contributed by atoms with van der Waals surface area (Å²) in [5.41, 5.74) is 0.785. The van der Waals surface area contributed by atoms with Gasteiger partial charge in [0.1, 0.15) is 17.5 Å². The molecule has 0 aliphatic heterocycles. The van der Waals surface area contributed by atoms with Crippen molar-refractivity contribution in [2.24, 2.45) is 0 Å². The zero-order valence-corrected chi connectivity index (χ0v) is 11.2. The van der Waals surface area contributed by atoms with Crippen LogP contribution in [0.25, 0.3) is 11.0 Å². The van der Waals surface area contributed by atoms with E-state index in [9.17, 15) is 12.8 Å². The Kier molecular flexibility index (Phi) is 3.35. The van der Waals surface area contributed by atoms with Crippen molar-refractivity contribution >= 4 is 32.7 Å². The zero-order valence-electron chi connectivity index (χ0n) is 9.61. The Bertz CT molecular complexity index is 692. The largest absolute Gasteiger partial charge is 0.464 e. The molecule has 98 valence electrons. The minimum absolute atomic E-state index is 0.0586. The van der Waals surface area contributed by atoms with E-state index in [1.807, 2.05) is 0 Å². The minimum atomic E-state index is -3.59. The van der Waals surface area contributed by atoms with Crippen molar-refractivity contribution in [1.29, 1.82) is 0 Å². The van der Waals surface area contributed by atoms with Gasteiger partial charge in [-0.05, 0) is 13.0 Å². The van der Waals surface area contributed by atoms with Crippen LogP contribution < -0.4 is 0 Å². The molecular formula is C11H10ClFO4S. The fourth-order valence-corrected chi connectivity index (χ4v) is 2.46. The second kappa shape index (κ2) is 4.53. The van der Waals surface area contributed by atoms with Gasteiger partial charge < -0.3 is 4.42 Å². The fourth-order valence-electron chi connectivity index (χ4n) is 1.67. The first-order chi connectivity index (χ1) is 8.28. The Morgan fingerprint density at radius 1 is 1.44 bits per heavy atom. The second-order valence-corrected chi connectivity index (χ2v) is 5.90. The average Bonchev–Trinajstić information content (AvgIpc) is 2.59. The Labute approximate surface area is 108 Å². The maximum absolute atomic E-state index is 13.2. The van der Waals surface area contributed by atoms with E-state index >= 15 is 0 Å². The third kappa shape index (κ3) is 2.66. The van der Waals surface area contributed by atoms with E-state index in [0.29, 0.717) is 10.9 Å². The summed E-state index contributed by atoms with van der Waals surface area (Å²) in [5.74, 6) is -0.596. The van der Waals surface area contributed by atoms with Crippen molar-refractivity contribution < 1.29 is 21.4 Å². The van der Waals surface area contributed by atoms with E-state index in [1.54, 1.807) is 6.92 Å². The first-order valence-corrected chi connectivity index (χ1v) is 7.22. The fraction of sp³-hybridized carbons (Fsp3) is 0.273. The zero-order chi connectivity index (χ0) is 13.5. The lowest BCUT2D eigenvalue weighted by atomic mass is 10.1. The summed E-state index contributed by atoms with van der Waals surface area (Å²) in [7, 11) is -3.59. The average molecular weight is 293 g/mol. The van der Waals surface area contributed by atoms with Crippen molar-refractivity contribution in [3.8, 4) is 0 Å². The van der Waals surface area contributed by atoms with Crippen LogP contribution >= 0.6 is 11.6 Å². The molecule has 1 aromatic carbocycles. The molecule has 1 heterocycles. The monoisotopic (exact) mass is 292 g/mol. The van der Waals surface area contributed by atoms with Crippen LogP contribution in [0.2, 0.25) is 5.02 Å². The highest BCUT2D eigenvalue weighted by Gasteiger charge is 2.19. The van der Waals surface area contributed by atoms with Crippen LogP contribution in [0.3, 0.4) is 0 Å². The van der Waals surface area contributed by atoms with Crippen molar-refractivity contribution in [3.05, 3.63) is 34.8 Å². The molecule has 0 radical (unpaired) electrons. The van der Waals surface area contributed by atoms with Gasteiger partial charge in [0.15, 0.2) is 0 Å². The molecule has 1 aromatic heterocycles. The molecule has 7 heteroatoms. The normalized spacial score (nSPS) is 14.0. The first-order valence-electron chi connectivity index (χ1n) is 5.02. The summed E-state index contributed by atoms with van der Waals surface area (Å²) in [5, 5.41) is 0.467. The maximum Gasteiger partial charge on any atom is 0.264 e. The third-order valence-electron chi connectivity index (χ3n) is 2.40. The number of halogens is 2.